The summed E-state index contributed by atoms with van der Waals surface area (Å²) in [6.07, 6.45) is 2.65. The summed E-state index contributed by atoms with van der Waals surface area (Å²) in [7, 11) is 0. The lowest BCUT2D eigenvalue weighted by molar-refractivity contribution is -0.133. The number of nitrogens with one attached hydrogen (secondary N) is 1. The number of benzene rings is 2. The Labute approximate surface area is 203 Å². The topological polar surface area (TPSA) is 84.0 Å². The Kier molecular flexibility index (Phi) is 5.48. The molecule has 2 aliphatic heterocycles. The number of anilines is 2. The Bertz CT molecular complexity index is 1260. The van der Waals surface area contributed by atoms with Gasteiger partial charge >= 0.3 is 0 Å². The molecule has 2 fully saturated rings. The predicted molar refractivity (Wildman–Crippen MR) is 131 cm³/mol. The van der Waals surface area contributed by atoms with Crippen molar-refractivity contribution in [3.63, 3.8) is 0 Å². The summed E-state index contributed by atoms with van der Waals surface area (Å²) >= 11 is 0. The van der Waals surface area contributed by atoms with E-state index in [-0.39, 0.29) is 24.5 Å². The van der Waals surface area contributed by atoms with Gasteiger partial charge in [0, 0.05) is 43.9 Å². The van der Waals surface area contributed by atoms with Crippen molar-refractivity contribution >= 4 is 23.3 Å². The molecule has 3 aromatic rings. The van der Waals surface area contributed by atoms with Crippen LogP contribution in [0.2, 0.25) is 0 Å². The summed E-state index contributed by atoms with van der Waals surface area (Å²) in [5, 5.41) is 2.98. The molecule has 0 bridgehead atoms. The van der Waals surface area contributed by atoms with Crippen LogP contribution in [0, 0.1) is 5.92 Å². The molecular formula is C27H26N4O4. The molecule has 1 saturated heterocycles. The van der Waals surface area contributed by atoms with Crippen molar-refractivity contribution in [3.8, 4) is 11.5 Å². The van der Waals surface area contributed by atoms with Crippen molar-refractivity contribution < 1.29 is 19.1 Å². The van der Waals surface area contributed by atoms with Gasteiger partial charge in [0.15, 0.2) is 17.3 Å². The van der Waals surface area contributed by atoms with Crippen LogP contribution in [-0.4, -0.2) is 54.7 Å². The number of hydrogen-bond donors (Lipinski definition) is 1. The van der Waals surface area contributed by atoms with E-state index in [4.69, 9.17) is 9.47 Å². The predicted octanol–water partition coefficient (Wildman–Crippen LogP) is 3.51. The minimum absolute atomic E-state index is 0.0929. The molecule has 2 amide bonds. The van der Waals surface area contributed by atoms with Gasteiger partial charge in [-0.15, -0.1) is 0 Å². The second-order valence-electron chi connectivity index (χ2n) is 9.07. The zero-order valence-corrected chi connectivity index (χ0v) is 19.2. The molecule has 178 valence electrons. The zero-order chi connectivity index (χ0) is 23.8. The van der Waals surface area contributed by atoms with Gasteiger partial charge in [-0.1, -0.05) is 30.3 Å². The molecule has 1 N–H and O–H groups in total. The Hall–Kier alpha value is -4.07. The molecule has 6 rings (SSSR count). The van der Waals surface area contributed by atoms with Crippen LogP contribution < -0.4 is 19.7 Å². The second kappa shape index (κ2) is 8.94. The third-order valence-electron chi connectivity index (χ3n) is 6.90. The Morgan fingerprint density at radius 2 is 1.71 bits per heavy atom. The van der Waals surface area contributed by atoms with E-state index in [0.717, 1.165) is 6.42 Å². The summed E-state index contributed by atoms with van der Waals surface area (Å²) in [6, 6.07) is 19.1. The maximum Gasteiger partial charge on any atom is 0.255 e. The van der Waals surface area contributed by atoms with Gasteiger partial charge in [0.2, 0.25) is 12.7 Å². The van der Waals surface area contributed by atoms with Crippen LogP contribution in [0.25, 0.3) is 0 Å². The smallest absolute Gasteiger partial charge is 0.255 e. The lowest BCUT2D eigenvalue weighted by Crippen LogP contribution is -2.49. The Balaban J connectivity index is 1.09. The maximum absolute atomic E-state index is 13.1. The third-order valence-corrected chi connectivity index (χ3v) is 6.90. The number of amides is 2. The number of pyridine rings is 1. The van der Waals surface area contributed by atoms with Gasteiger partial charge in [-0.2, -0.15) is 0 Å². The van der Waals surface area contributed by atoms with Gasteiger partial charge in [-0.3, -0.25) is 9.59 Å². The number of nitrogens with zero attached hydrogens (tertiary/aromatic N) is 3. The molecule has 3 heterocycles. The summed E-state index contributed by atoms with van der Waals surface area (Å²) < 4.78 is 10.7. The second-order valence-corrected chi connectivity index (χ2v) is 9.07. The fraction of sp³-hybridized carbons (Fsp3) is 0.296. The van der Waals surface area contributed by atoms with E-state index in [0.29, 0.717) is 60.7 Å². The fourth-order valence-corrected chi connectivity index (χ4v) is 4.89. The van der Waals surface area contributed by atoms with Crippen molar-refractivity contribution in [2.45, 2.75) is 12.3 Å². The van der Waals surface area contributed by atoms with Crippen molar-refractivity contribution in [1.29, 1.82) is 0 Å². The number of fused-ring (bicyclic) bond motifs is 1. The molecule has 1 aromatic heterocycles. The molecule has 0 spiro atoms. The molecule has 8 heteroatoms. The summed E-state index contributed by atoms with van der Waals surface area (Å²) in [4.78, 5) is 34.6. The zero-order valence-electron chi connectivity index (χ0n) is 19.2. The van der Waals surface area contributed by atoms with Gasteiger partial charge in [0.05, 0.1) is 5.69 Å². The fourth-order valence-electron chi connectivity index (χ4n) is 4.89. The van der Waals surface area contributed by atoms with Crippen molar-refractivity contribution in [1.82, 2.24) is 9.88 Å². The average molecular weight is 471 g/mol. The Morgan fingerprint density at radius 1 is 0.914 bits per heavy atom. The van der Waals surface area contributed by atoms with E-state index in [2.05, 4.69) is 27.3 Å². The molecule has 8 nitrogen and oxygen atoms in total. The number of carbonyl (C=O) groups is 2. The first-order valence-electron chi connectivity index (χ1n) is 11.9. The van der Waals surface area contributed by atoms with E-state index in [1.54, 1.807) is 30.5 Å². The van der Waals surface area contributed by atoms with Crippen LogP contribution in [-0.2, 0) is 4.79 Å². The minimum atomic E-state index is -0.243. The van der Waals surface area contributed by atoms with Gasteiger partial charge in [0.25, 0.3) is 5.91 Å². The quantitative estimate of drug-likeness (QED) is 0.614. The van der Waals surface area contributed by atoms with Gasteiger partial charge in [-0.05, 0) is 48.2 Å². The standard InChI is InChI=1S/C27H26N4O4/c32-26(19-8-9-23-24(15-19)35-17-34-23)29-22-7-4-10-28-25(22)30-11-13-31(14-12-30)27(33)21-16-20(21)18-5-2-1-3-6-18/h1-10,15,20-21H,11-14,16-17H2,(H,29,32)/t20-,21?/m0/s1. The highest BCUT2D eigenvalue weighted by molar-refractivity contribution is 6.06. The Morgan fingerprint density at radius 3 is 2.54 bits per heavy atom. The van der Waals surface area contributed by atoms with E-state index in [1.807, 2.05) is 29.2 Å². The first-order valence-corrected chi connectivity index (χ1v) is 11.9. The van der Waals surface area contributed by atoms with Gasteiger partial charge < -0.3 is 24.6 Å². The summed E-state index contributed by atoms with van der Waals surface area (Å²) in [6.45, 7) is 2.78. The van der Waals surface area contributed by atoms with Gasteiger partial charge in [-0.25, -0.2) is 4.98 Å². The van der Waals surface area contributed by atoms with Crippen molar-refractivity contribution in [2.75, 3.05) is 43.2 Å². The molecule has 2 aromatic carbocycles. The number of rotatable bonds is 5. The van der Waals surface area contributed by atoms with Gasteiger partial charge in [0.1, 0.15) is 0 Å². The van der Waals surface area contributed by atoms with E-state index < -0.39 is 0 Å². The molecule has 35 heavy (non-hydrogen) atoms. The molecule has 2 atom stereocenters. The lowest BCUT2D eigenvalue weighted by atomic mass is 10.1. The highest BCUT2D eigenvalue weighted by Crippen LogP contribution is 2.48. The number of carbonyl (C=O) groups excluding carboxylic acids is 2. The highest BCUT2D eigenvalue weighted by Gasteiger charge is 2.46. The normalized spacial score (nSPS) is 20.5. The van der Waals surface area contributed by atoms with E-state index >= 15 is 0 Å². The number of hydrogen-bond acceptors (Lipinski definition) is 6. The largest absolute Gasteiger partial charge is 0.454 e. The van der Waals surface area contributed by atoms with E-state index in [9.17, 15) is 9.59 Å². The highest BCUT2D eigenvalue weighted by atomic mass is 16.7. The number of aromatic nitrogens is 1. The molecule has 1 aliphatic carbocycles. The van der Waals surface area contributed by atoms with Crippen LogP contribution in [0.15, 0.2) is 66.9 Å². The minimum Gasteiger partial charge on any atom is -0.454 e. The average Bonchev–Trinajstić information content (AvgIpc) is 3.57. The monoisotopic (exact) mass is 470 g/mol. The van der Waals surface area contributed by atoms with Crippen LogP contribution in [0.1, 0.15) is 28.3 Å². The third kappa shape index (κ3) is 4.27. The number of piperazine rings is 1. The summed E-state index contributed by atoms with van der Waals surface area (Å²) in [5.41, 5.74) is 2.37. The molecule has 1 saturated carbocycles. The van der Waals surface area contributed by atoms with Crippen LogP contribution >= 0.6 is 0 Å². The SMILES string of the molecule is O=C(Nc1cccnc1N1CCN(C(=O)C2C[C@H]2c2ccccc2)CC1)c1ccc2c(c1)OCO2. The first-order chi connectivity index (χ1) is 17.2. The summed E-state index contributed by atoms with van der Waals surface area (Å²) in [5.74, 6) is 2.35. The van der Waals surface area contributed by atoms with E-state index in [1.165, 1.54) is 5.56 Å². The number of ether oxygens (including phenoxy) is 2. The van der Waals surface area contributed by atoms with Crippen LogP contribution in [0.5, 0.6) is 11.5 Å². The van der Waals surface area contributed by atoms with Crippen LogP contribution in [0.3, 0.4) is 0 Å². The molecule has 1 unspecified atom stereocenters. The first kappa shape index (κ1) is 21.5. The molecular weight excluding hydrogens is 444 g/mol. The molecule has 0 radical (unpaired) electrons. The lowest BCUT2D eigenvalue weighted by Gasteiger charge is -2.36. The maximum atomic E-state index is 13.1. The molecule has 3 aliphatic rings. The van der Waals surface area contributed by atoms with Crippen molar-refractivity contribution in [3.05, 3.63) is 78.0 Å². The van der Waals surface area contributed by atoms with Crippen molar-refractivity contribution in [2.24, 2.45) is 5.92 Å². The van der Waals surface area contributed by atoms with Crippen LogP contribution in [0.4, 0.5) is 11.5 Å².